The van der Waals surface area contributed by atoms with Crippen LogP contribution in [0.25, 0.3) is 0 Å². The van der Waals surface area contributed by atoms with Crippen LogP contribution in [0.5, 0.6) is 0 Å². The topological polar surface area (TPSA) is 21.3 Å². The summed E-state index contributed by atoms with van der Waals surface area (Å²) in [6, 6.07) is 0.695. The summed E-state index contributed by atoms with van der Waals surface area (Å²) in [4.78, 5) is 0. The Morgan fingerprint density at radius 1 is 1.40 bits per heavy atom. The first kappa shape index (κ1) is 13.0. The molecule has 15 heavy (non-hydrogen) atoms. The van der Waals surface area contributed by atoms with Crippen LogP contribution in [0.1, 0.15) is 47.0 Å². The lowest BCUT2D eigenvalue weighted by atomic mass is 9.87. The molecule has 1 fully saturated rings. The summed E-state index contributed by atoms with van der Waals surface area (Å²) in [7, 11) is 0. The third-order valence-corrected chi connectivity index (χ3v) is 3.35. The molecular formula is C13H27NO. The summed E-state index contributed by atoms with van der Waals surface area (Å²) >= 11 is 0. The fraction of sp³-hybridized carbons (Fsp3) is 1.00. The zero-order chi connectivity index (χ0) is 11.3. The number of rotatable bonds is 6. The van der Waals surface area contributed by atoms with Crippen LogP contribution in [0.2, 0.25) is 0 Å². The maximum absolute atomic E-state index is 5.56. The van der Waals surface area contributed by atoms with Gasteiger partial charge in [0.2, 0.25) is 0 Å². The van der Waals surface area contributed by atoms with Gasteiger partial charge in [0.05, 0.1) is 6.61 Å². The molecule has 0 aromatic heterocycles. The van der Waals surface area contributed by atoms with Gasteiger partial charge in [-0.15, -0.1) is 0 Å². The normalized spacial score (nSPS) is 25.0. The molecule has 1 unspecified atom stereocenters. The predicted octanol–water partition coefficient (Wildman–Crippen LogP) is 2.83. The minimum Gasteiger partial charge on any atom is -0.380 e. The molecule has 0 heterocycles. The van der Waals surface area contributed by atoms with E-state index in [1.165, 1.54) is 19.3 Å². The van der Waals surface area contributed by atoms with Crippen molar-refractivity contribution in [3.63, 3.8) is 0 Å². The van der Waals surface area contributed by atoms with Gasteiger partial charge >= 0.3 is 0 Å². The zero-order valence-corrected chi connectivity index (χ0v) is 10.8. The first-order chi connectivity index (χ1) is 7.02. The molecule has 0 aliphatic heterocycles. The molecular weight excluding hydrogens is 186 g/mol. The van der Waals surface area contributed by atoms with E-state index in [2.05, 4.69) is 33.0 Å². The lowest BCUT2D eigenvalue weighted by Crippen LogP contribution is -2.39. The maximum Gasteiger partial charge on any atom is 0.0591 e. The predicted molar refractivity (Wildman–Crippen MR) is 65.1 cm³/mol. The fourth-order valence-electron chi connectivity index (χ4n) is 2.33. The summed E-state index contributed by atoms with van der Waals surface area (Å²) in [5, 5.41) is 3.62. The van der Waals surface area contributed by atoms with Crippen molar-refractivity contribution in [1.29, 1.82) is 0 Å². The summed E-state index contributed by atoms with van der Waals surface area (Å²) in [6.07, 6.45) is 4.06. The summed E-state index contributed by atoms with van der Waals surface area (Å²) in [5.74, 6) is 0.646. The van der Waals surface area contributed by atoms with Gasteiger partial charge < -0.3 is 10.1 Å². The Hall–Kier alpha value is -0.0800. The van der Waals surface area contributed by atoms with Crippen LogP contribution in [0.15, 0.2) is 0 Å². The molecule has 1 saturated carbocycles. The molecule has 0 saturated heterocycles. The van der Waals surface area contributed by atoms with Crippen LogP contribution < -0.4 is 5.32 Å². The van der Waals surface area contributed by atoms with Crippen molar-refractivity contribution in [1.82, 2.24) is 5.32 Å². The molecule has 0 amide bonds. The van der Waals surface area contributed by atoms with Crippen molar-refractivity contribution >= 4 is 0 Å². The standard InChI is InChI=1S/C13H27NO/c1-11(2)10-15-9-8-14-12-6-5-7-13(12,3)4/h11-12,14H,5-10H2,1-4H3. The highest BCUT2D eigenvalue weighted by Crippen LogP contribution is 2.36. The van der Waals surface area contributed by atoms with Crippen molar-refractivity contribution in [3.8, 4) is 0 Å². The summed E-state index contributed by atoms with van der Waals surface area (Å²) < 4.78 is 5.56. The Labute approximate surface area is 94.8 Å². The van der Waals surface area contributed by atoms with E-state index < -0.39 is 0 Å². The van der Waals surface area contributed by atoms with Gasteiger partial charge in [0.15, 0.2) is 0 Å². The van der Waals surface area contributed by atoms with E-state index in [0.29, 0.717) is 17.4 Å². The monoisotopic (exact) mass is 213 g/mol. The van der Waals surface area contributed by atoms with Gasteiger partial charge in [0.1, 0.15) is 0 Å². The number of nitrogens with one attached hydrogen (secondary N) is 1. The first-order valence-corrected chi connectivity index (χ1v) is 6.33. The van der Waals surface area contributed by atoms with Gasteiger partial charge in [-0.05, 0) is 24.2 Å². The average Bonchev–Trinajstić information content (AvgIpc) is 2.44. The Morgan fingerprint density at radius 2 is 2.13 bits per heavy atom. The van der Waals surface area contributed by atoms with Gasteiger partial charge in [-0.1, -0.05) is 34.1 Å². The van der Waals surface area contributed by atoms with Gasteiger partial charge in [0.25, 0.3) is 0 Å². The van der Waals surface area contributed by atoms with Gasteiger partial charge in [-0.25, -0.2) is 0 Å². The van der Waals surface area contributed by atoms with Crippen LogP contribution in [-0.4, -0.2) is 25.8 Å². The molecule has 0 spiro atoms. The van der Waals surface area contributed by atoms with Crippen LogP contribution in [0.4, 0.5) is 0 Å². The molecule has 0 aromatic rings. The highest BCUT2D eigenvalue weighted by Gasteiger charge is 2.33. The second-order valence-corrected chi connectivity index (χ2v) is 5.86. The quantitative estimate of drug-likeness (QED) is 0.685. The zero-order valence-electron chi connectivity index (χ0n) is 10.8. The minimum absolute atomic E-state index is 0.484. The van der Waals surface area contributed by atoms with E-state index in [9.17, 15) is 0 Å². The van der Waals surface area contributed by atoms with Crippen LogP contribution in [0, 0.1) is 11.3 Å². The van der Waals surface area contributed by atoms with E-state index in [-0.39, 0.29) is 0 Å². The van der Waals surface area contributed by atoms with E-state index in [0.717, 1.165) is 19.8 Å². The second kappa shape index (κ2) is 5.86. The van der Waals surface area contributed by atoms with E-state index in [1.807, 2.05) is 0 Å². The van der Waals surface area contributed by atoms with Crippen molar-refractivity contribution in [2.75, 3.05) is 19.8 Å². The highest BCUT2D eigenvalue weighted by molar-refractivity contribution is 4.89. The van der Waals surface area contributed by atoms with Gasteiger partial charge in [-0.3, -0.25) is 0 Å². The molecule has 0 bridgehead atoms. The second-order valence-electron chi connectivity index (χ2n) is 5.86. The molecule has 2 heteroatoms. The average molecular weight is 213 g/mol. The third-order valence-electron chi connectivity index (χ3n) is 3.35. The van der Waals surface area contributed by atoms with Gasteiger partial charge in [0, 0.05) is 19.2 Å². The largest absolute Gasteiger partial charge is 0.380 e. The molecule has 2 nitrogen and oxygen atoms in total. The minimum atomic E-state index is 0.484. The first-order valence-electron chi connectivity index (χ1n) is 6.33. The Bertz CT molecular complexity index is 177. The molecule has 1 N–H and O–H groups in total. The molecule has 1 atom stereocenters. The molecule has 1 aliphatic carbocycles. The Kier molecular flexibility index (Phi) is 5.07. The maximum atomic E-state index is 5.56. The molecule has 1 rings (SSSR count). The van der Waals surface area contributed by atoms with Crippen molar-refractivity contribution in [2.24, 2.45) is 11.3 Å². The van der Waals surface area contributed by atoms with Crippen LogP contribution in [0.3, 0.4) is 0 Å². The number of hydrogen-bond acceptors (Lipinski definition) is 2. The Morgan fingerprint density at radius 3 is 2.67 bits per heavy atom. The smallest absolute Gasteiger partial charge is 0.0591 e. The lowest BCUT2D eigenvalue weighted by Gasteiger charge is -2.28. The number of hydrogen-bond donors (Lipinski definition) is 1. The van der Waals surface area contributed by atoms with E-state index in [1.54, 1.807) is 0 Å². The van der Waals surface area contributed by atoms with Crippen LogP contribution >= 0.6 is 0 Å². The molecule has 0 radical (unpaired) electrons. The fourth-order valence-corrected chi connectivity index (χ4v) is 2.33. The third kappa shape index (κ3) is 4.52. The molecule has 90 valence electrons. The molecule has 1 aliphatic rings. The van der Waals surface area contributed by atoms with Crippen LogP contribution in [-0.2, 0) is 4.74 Å². The summed E-state index contributed by atoms with van der Waals surface area (Å²) in [5.41, 5.74) is 0.484. The lowest BCUT2D eigenvalue weighted by molar-refractivity contribution is 0.107. The molecule has 0 aromatic carbocycles. The highest BCUT2D eigenvalue weighted by atomic mass is 16.5. The van der Waals surface area contributed by atoms with Crippen molar-refractivity contribution in [2.45, 2.75) is 53.0 Å². The number of ether oxygens (including phenoxy) is 1. The summed E-state index contributed by atoms with van der Waals surface area (Å²) in [6.45, 7) is 11.8. The van der Waals surface area contributed by atoms with Crippen molar-refractivity contribution < 1.29 is 4.74 Å². The van der Waals surface area contributed by atoms with Gasteiger partial charge in [-0.2, -0.15) is 0 Å². The SMILES string of the molecule is CC(C)COCCNC1CCCC1(C)C. The Balaban J connectivity index is 2.05. The van der Waals surface area contributed by atoms with E-state index in [4.69, 9.17) is 4.74 Å². The van der Waals surface area contributed by atoms with Crippen molar-refractivity contribution in [3.05, 3.63) is 0 Å². The van der Waals surface area contributed by atoms with E-state index >= 15 is 0 Å².